The molecule has 1 heterocycles. The molecule has 4 heteroatoms. The molecule has 0 spiro atoms. The Balaban J connectivity index is 2.31. The Morgan fingerprint density at radius 3 is 3.00 bits per heavy atom. The maximum Gasteiger partial charge on any atom is 0.257 e. The lowest BCUT2D eigenvalue weighted by molar-refractivity contribution is -0.567. The molecule has 9 heavy (non-hydrogen) atoms. The van der Waals surface area contributed by atoms with Gasteiger partial charge in [-0.05, 0) is 0 Å². The van der Waals surface area contributed by atoms with Crippen LogP contribution in [0.25, 0.3) is 0 Å². The molecule has 1 unspecified atom stereocenters. The van der Waals surface area contributed by atoms with E-state index >= 15 is 0 Å². The molecule has 0 saturated carbocycles. The number of hydrogen-bond donors (Lipinski definition) is 2. The lowest BCUT2D eigenvalue weighted by atomic mass is 10.4. The zero-order valence-electron chi connectivity index (χ0n) is 5.21. The van der Waals surface area contributed by atoms with Crippen LogP contribution in [0.5, 0.6) is 0 Å². The molecule has 0 aliphatic carbocycles. The van der Waals surface area contributed by atoms with Crippen molar-refractivity contribution in [2.75, 3.05) is 19.7 Å². The molecule has 1 saturated heterocycles. The summed E-state index contributed by atoms with van der Waals surface area (Å²) in [5.41, 5.74) is 0. The SMILES string of the molecule is O=[N+]1CCNC1CCO. The molecule has 0 aromatic rings. The van der Waals surface area contributed by atoms with Gasteiger partial charge < -0.3 is 5.11 Å². The molecule has 4 nitrogen and oxygen atoms in total. The summed E-state index contributed by atoms with van der Waals surface area (Å²) in [6.45, 7) is 1.37. The molecule has 0 aromatic heterocycles. The van der Waals surface area contributed by atoms with Crippen molar-refractivity contribution in [3.8, 4) is 0 Å². The first-order valence-corrected chi connectivity index (χ1v) is 3.12. The third-order valence-corrected chi connectivity index (χ3v) is 1.46. The Kier molecular flexibility index (Phi) is 2.13. The second-order valence-electron chi connectivity index (χ2n) is 2.12. The van der Waals surface area contributed by atoms with Gasteiger partial charge in [-0.25, -0.2) is 5.32 Å². The fourth-order valence-corrected chi connectivity index (χ4v) is 0.967. The van der Waals surface area contributed by atoms with E-state index in [4.69, 9.17) is 5.11 Å². The minimum atomic E-state index is -0.144. The van der Waals surface area contributed by atoms with Gasteiger partial charge in [0, 0.05) is 9.67 Å². The summed E-state index contributed by atoms with van der Waals surface area (Å²) in [5, 5.41) is 11.4. The molecule has 52 valence electrons. The van der Waals surface area contributed by atoms with Crippen molar-refractivity contribution in [2.24, 2.45) is 0 Å². The predicted octanol–water partition coefficient (Wildman–Crippen LogP) is -0.923. The molecule has 2 N–H and O–H groups in total. The number of nitrogens with zero attached hydrogens (tertiary/aromatic N) is 1. The third kappa shape index (κ3) is 1.46. The van der Waals surface area contributed by atoms with Gasteiger partial charge in [0.05, 0.1) is 19.6 Å². The van der Waals surface area contributed by atoms with E-state index in [0.717, 1.165) is 11.3 Å². The number of nitroso groups, excluding NO2 is 1. The first-order valence-electron chi connectivity index (χ1n) is 3.12. The second kappa shape index (κ2) is 2.89. The number of nitrogens with one attached hydrogen (secondary N) is 1. The van der Waals surface area contributed by atoms with Crippen molar-refractivity contribution in [1.29, 1.82) is 0 Å². The van der Waals surface area contributed by atoms with Crippen molar-refractivity contribution in [3.63, 3.8) is 0 Å². The molecule has 1 fully saturated rings. The fraction of sp³-hybridized carbons (Fsp3) is 1.00. The Hall–Kier alpha value is -0.480. The van der Waals surface area contributed by atoms with Gasteiger partial charge in [-0.15, -0.1) is 0 Å². The normalized spacial score (nSPS) is 27.2. The van der Waals surface area contributed by atoms with Crippen molar-refractivity contribution in [1.82, 2.24) is 5.32 Å². The average Bonchev–Trinajstić information content (AvgIpc) is 2.18. The summed E-state index contributed by atoms with van der Waals surface area (Å²) >= 11 is 0. The highest BCUT2D eigenvalue weighted by Gasteiger charge is 2.29. The van der Waals surface area contributed by atoms with Crippen molar-refractivity contribution in [3.05, 3.63) is 4.91 Å². The predicted molar refractivity (Wildman–Crippen MR) is 32.0 cm³/mol. The van der Waals surface area contributed by atoms with Crippen LogP contribution in [-0.2, 0) is 0 Å². The summed E-state index contributed by atoms with van der Waals surface area (Å²) < 4.78 is 0.968. The molecule has 0 aromatic carbocycles. The van der Waals surface area contributed by atoms with E-state index in [-0.39, 0.29) is 12.8 Å². The van der Waals surface area contributed by atoms with E-state index in [1.807, 2.05) is 0 Å². The van der Waals surface area contributed by atoms with Gasteiger partial charge in [-0.3, -0.25) is 0 Å². The van der Waals surface area contributed by atoms with Gasteiger partial charge in [0.1, 0.15) is 0 Å². The molecule has 0 radical (unpaired) electrons. The Morgan fingerprint density at radius 1 is 1.78 bits per heavy atom. The summed E-state index contributed by atoms with van der Waals surface area (Å²) in [6.07, 6.45) is 0.388. The van der Waals surface area contributed by atoms with E-state index in [1.54, 1.807) is 0 Å². The smallest absolute Gasteiger partial charge is 0.257 e. The van der Waals surface area contributed by atoms with Crippen LogP contribution in [0.4, 0.5) is 0 Å². The molecular weight excluding hydrogens is 120 g/mol. The molecule has 1 atom stereocenters. The minimum Gasteiger partial charge on any atom is -0.396 e. The van der Waals surface area contributed by atoms with Crippen LogP contribution >= 0.6 is 0 Å². The molecular formula is C5H11N2O2+. The van der Waals surface area contributed by atoms with Crippen molar-refractivity contribution in [2.45, 2.75) is 12.6 Å². The summed E-state index contributed by atoms with van der Waals surface area (Å²) in [4.78, 5) is 10.7. The van der Waals surface area contributed by atoms with E-state index < -0.39 is 0 Å². The molecule has 1 aliphatic rings. The quantitative estimate of drug-likeness (QED) is 0.476. The van der Waals surface area contributed by atoms with Gasteiger partial charge in [-0.2, -0.15) is 0 Å². The van der Waals surface area contributed by atoms with E-state index in [1.165, 1.54) is 0 Å². The zero-order valence-corrected chi connectivity index (χ0v) is 5.21. The number of rotatable bonds is 2. The van der Waals surface area contributed by atoms with Gasteiger partial charge >= 0.3 is 0 Å². The van der Waals surface area contributed by atoms with E-state index in [9.17, 15) is 4.91 Å². The highest BCUT2D eigenvalue weighted by Crippen LogP contribution is 1.97. The molecule has 1 rings (SSSR count). The Labute approximate surface area is 53.4 Å². The van der Waals surface area contributed by atoms with Crippen molar-refractivity contribution < 1.29 is 9.87 Å². The highest BCUT2D eigenvalue weighted by atomic mass is 16.3. The maximum absolute atomic E-state index is 10.7. The minimum absolute atomic E-state index is 0.0798. The largest absolute Gasteiger partial charge is 0.396 e. The van der Waals surface area contributed by atoms with Crippen LogP contribution < -0.4 is 5.32 Å². The topological polar surface area (TPSA) is 52.3 Å². The van der Waals surface area contributed by atoms with Gasteiger partial charge in [-0.1, -0.05) is 0 Å². The van der Waals surface area contributed by atoms with Crippen LogP contribution in [0, 0.1) is 4.91 Å². The lowest BCUT2D eigenvalue weighted by Gasteiger charge is -1.96. The third-order valence-electron chi connectivity index (χ3n) is 1.46. The van der Waals surface area contributed by atoms with Gasteiger partial charge in [0.2, 0.25) is 6.54 Å². The summed E-state index contributed by atoms with van der Waals surface area (Å²) in [6, 6.07) is 0. The van der Waals surface area contributed by atoms with E-state index in [0.29, 0.717) is 13.0 Å². The van der Waals surface area contributed by atoms with Gasteiger partial charge in [0.15, 0.2) is 0 Å². The van der Waals surface area contributed by atoms with Crippen LogP contribution in [0.3, 0.4) is 0 Å². The fourth-order valence-electron chi connectivity index (χ4n) is 0.967. The average molecular weight is 131 g/mol. The monoisotopic (exact) mass is 131 g/mol. The van der Waals surface area contributed by atoms with Crippen LogP contribution in [-0.4, -0.2) is 35.7 Å². The van der Waals surface area contributed by atoms with E-state index in [2.05, 4.69) is 5.32 Å². The maximum atomic E-state index is 10.7. The molecule has 0 bridgehead atoms. The van der Waals surface area contributed by atoms with Crippen LogP contribution in [0.1, 0.15) is 6.42 Å². The first-order chi connectivity index (χ1) is 4.34. The first kappa shape index (κ1) is 6.64. The number of aliphatic hydroxyl groups excluding tert-OH is 1. The zero-order chi connectivity index (χ0) is 6.69. The van der Waals surface area contributed by atoms with Crippen LogP contribution in [0.2, 0.25) is 0 Å². The number of hydrogen-bond acceptors (Lipinski definition) is 3. The molecule has 0 amide bonds. The van der Waals surface area contributed by atoms with Gasteiger partial charge in [0.25, 0.3) is 6.17 Å². The lowest BCUT2D eigenvalue weighted by Crippen LogP contribution is -2.28. The number of aliphatic hydroxyl groups is 1. The van der Waals surface area contributed by atoms with Crippen molar-refractivity contribution >= 4 is 0 Å². The standard InChI is InChI=1S/C5H11N2O2/c8-4-1-5-6-2-3-7(5)9/h5-6,8H,1-4H2/q+1. The summed E-state index contributed by atoms with van der Waals surface area (Å²) in [7, 11) is 0. The highest BCUT2D eigenvalue weighted by molar-refractivity contribution is 4.58. The Bertz CT molecular complexity index is 116. The second-order valence-corrected chi connectivity index (χ2v) is 2.12. The summed E-state index contributed by atoms with van der Waals surface area (Å²) in [5.74, 6) is 0. The molecule has 1 aliphatic heterocycles. The Morgan fingerprint density at radius 2 is 2.56 bits per heavy atom. The van der Waals surface area contributed by atoms with Crippen LogP contribution in [0.15, 0.2) is 0 Å².